The molecule has 16 heavy (non-hydrogen) atoms. The number of rotatable bonds is 3. The summed E-state index contributed by atoms with van der Waals surface area (Å²) >= 11 is 0. The molecular formula is C10H16N4O2. The Labute approximate surface area is 93.6 Å². The first kappa shape index (κ1) is 11.1. The molecule has 0 aromatic carbocycles. The van der Waals surface area contributed by atoms with Gasteiger partial charge in [-0.25, -0.2) is 9.48 Å². The molecule has 2 N–H and O–H groups in total. The zero-order valence-corrected chi connectivity index (χ0v) is 9.26. The lowest BCUT2D eigenvalue weighted by Crippen LogP contribution is -2.34. The van der Waals surface area contributed by atoms with Gasteiger partial charge in [-0.2, -0.15) is 0 Å². The number of hydrogen-bond donors (Lipinski definition) is 2. The largest absolute Gasteiger partial charge is 0.476 e. The van der Waals surface area contributed by atoms with E-state index in [-0.39, 0.29) is 11.7 Å². The number of piperidine rings is 1. The Kier molecular flexibility index (Phi) is 3.19. The molecule has 1 aliphatic heterocycles. The number of nitrogens with zero attached hydrogens (tertiary/aromatic N) is 3. The third-order valence-electron chi connectivity index (χ3n) is 3.16. The molecule has 0 aliphatic carbocycles. The SMILES string of the molecule is C[C@H]([C@H]1CCCNC1)n1cc(C(=O)O)nn1. The summed E-state index contributed by atoms with van der Waals surface area (Å²) < 4.78 is 1.65. The highest BCUT2D eigenvalue weighted by Crippen LogP contribution is 2.23. The maximum absolute atomic E-state index is 10.7. The molecule has 2 heterocycles. The molecular weight excluding hydrogens is 208 g/mol. The second kappa shape index (κ2) is 4.61. The van der Waals surface area contributed by atoms with Crippen LogP contribution in [0.2, 0.25) is 0 Å². The van der Waals surface area contributed by atoms with Gasteiger partial charge in [-0.3, -0.25) is 0 Å². The van der Waals surface area contributed by atoms with Crippen LogP contribution in [0.4, 0.5) is 0 Å². The minimum absolute atomic E-state index is 0.00983. The molecule has 6 heteroatoms. The van der Waals surface area contributed by atoms with Crippen LogP contribution in [0, 0.1) is 5.92 Å². The lowest BCUT2D eigenvalue weighted by Gasteiger charge is -2.27. The van der Waals surface area contributed by atoms with Crippen molar-refractivity contribution in [3.05, 3.63) is 11.9 Å². The van der Waals surface area contributed by atoms with Gasteiger partial charge in [0.25, 0.3) is 0 Å². The highest BCUT2D eigenvalue weighted by molar-refractivity contribution is 5.84. The second-order valence-electron chi connectivity index (χ2n) is 4.24. The fraction of sp³-hybridized carbons (Fsp3) is 0.700. The zero-order chi connectivity index (χ0) is 11.5. The van der Waals surface area contributed by atoms with Crippen molar-refractivity contribution in [1.29, 1.82) is 0 Å². The highest BCUT2D eigenvalue weighted by Gasteiger charge is 2.22. The first-order valence-corrected chi connectivity index (χ1v) is 5.54. The van der Waals surface area contributed by atoms with Crippen LogP contribution < -0.4 is 5.32 Å². The number of carboxylic acids is 1. The fourth-order valence-electron chi connectivity index (χ4n) is 2.08. The van der Waals surface area contributed by atoms with Gasteiger partial charge in [0.15, 0.2) is 5.69 Å². The highest BCUT2D eigenvalue weighted by atomic mass is 16.4. The normalized spacial score (nSPS) is 22.9. The predicted molar refractivity (Wildman–Crippen MR) is 57.3 cm³/mol. The zero-order valence-electron chi connectivity index (χ0n) is 9.26. The van der Waals surface area contributed by atoms with E-state index >= 15 is 0 Å². The number of hydrogen-bond acceptors (Lipinski definition) is 4. The van der Waals surface area contributed by atoms with Crippen molar-refractivity contribution in [3.8, 4) is 0 Å². The van der Waals surface area contributed by atoms with Gasteiger partial charge in [0.2, 0.25) is 0 Å². The lowest BCUT2D eigenvalue weighted by molar-refractivity contribution is 0.0690. The van der Waals surface area contributed by atoms with E-state index in [1.807, 2.05) is 0 Å². The maximum atomic E-state index is 10.7. The van der Waals surface area contributed by atoms with Crippen LogP contribution in [-0.2, 0) is 0 Å². The molecule has 0 unspecified atom stereocenters. The summed E-state index contributed by atoms with van der Waals surface area (Å²) in [4.78, 5) is 10.7. The first-order chi connectivity index (χ1) is 7.68. The van der Waals surface area contributed by atoms with Crippen LogP contribution in [-0.4, -0.2) is 39.2 Å². The number of aromatic nitrogens is 3. The minimum atomic E-state index is -1.03. The summed E-state index contributed by atoms with van der Waals surface area (Å²) in [5.74, 6) is -0.530. The fourth-order valence-corrected chi connectivity index (χ4v) is 2.08. The van der Waals surface area contributed by atoms with Crippen LogP contribution in [0.15, 0.2) is 6.20 Å². The van der Waals surface area contributed by atoms with Gasteiger partial charge in [-0.05, 0) is 38.8 Å². The third kappa shape index (κ3) is 2.21. The minimum Gasteiger partial charge on any atom is -0.476 e. The average Bonchev–Trinajstić information content (AvgIpc) is 2.78. The van der Waals surface area contributed by atoms with Crippen LogP contribution in [0.5, 0.6) is 0 Å². The number of carboxylic acid groups (broad SMARTS) is 1. The van der Waals surface area contributed by atoms with Crippen LogP contribution in [0.25, 0.3) is 0 Å². The van der Waals surface area contributed by atoms with Gasteiger partial charge in [-0.1, -0.05) is 5.21 Å². The standard InChI is InChI=1S/C10H16N4O2/c1-7(8-3-2-4-11-5-8)14-6-9(10(15)16)12-13-14/h6-8,11H,2-5H2,1H3,(H,15,16)/t7-,8+/m1/s1. The summed E-state index contributed by atoms with van der Waals surface area (Å²) in [7, 11) is 0. The lowest BCUT2D eigenvalue weighted by atomic mass is 9.93. The second-order valence-corrected chi connectivity index (χ2v) is 4.24. The Bertz CT molecular complexity index is 371. The molecule has 1 aromatic heterocycles. The summed E-state index contributed by atoms with van der Waals surface area (Å²) in [6, 6.07) is 0.188. The van der Waals surface area contributed by atoms with Crippen LogP contribution in [0.1, 0.15) is 36.3 Å². The Morgan fingerprint density at radius 2 is 2.56 bits per heavy atom. The van der Waals surface area contributed by atoms with E-state index in [1.54, 1.807) is 4.68 Å². The van der Waals surface area contributed by atoms with E-state index in [0.29, 0.717) is 5.92 Å². The van der Waals surface area contributed by atoms with E-state index < -0.39 is 5.97 Å². The predicted octanol–water partition coefficient (Wildman–Crippen LogP) is 0.537. The smallest absolute Gasteiger partial charge is 0.358 e. The molecule has 1 aromatic rings. The van der Waals surface area contributed by atoms with Gasteiger partial charge >= 0.3 is 5.97 Å². The van der Waals surface area contributed by atoms with Crippen molar-refractivity contribution >= 4 is 5.97 Å². The molecule has 0 spiro atoms. The van der Waals surface area contributed by atoms with E-state index in [4.69, 9.17) is 5.11 Å². The van der Waals surface area contributed by atoms with Crippen molar-refractivity contribution < 1.29 is 9.90 Å². The molecule has 0 amide bonds. The van der Waals surface area contributed by atoms with Crippen molar-refractivity contribution in [1.82, 2.24) is 20.3 Å². The molecule has 1 fully saturated rings. The van der Waals surface area contributed by atoms with Crippen molar-refractivity contribution in [2.75, 3.05) is 13.1 Å². The molecule has 2 atom stereocenters. The molecule has 0 bridgehead atoms. The topological polar surface area (TPSA) is 80.0 Å². The molecule has 88 valence electrons. The third-order valence-corrected chi connectivity index (χ3v) is 3.16. The van der Waals surface area contributed by atoms with E-state index in [2.05, 4.69) is 22.6 Å². The van der Waals surface area contributed by atoms with Crippen molar-refractivity contribution in [2.24, 2.45) is 5.92 Å². The molecule has 1 saturated heterocycles. The molecule has 0 radical (unpaired) electrons. The summed E-state index contributed by atoms with van der Waals surface area (Å²) in [5.41, 5.74) is 0.00983. The number of nitrogens with one attached hydrogen (secondary N) is 1. The van der Waals surface area contributed by atoms with E-state index in [9.17, 15) is 4.79 Å². The molecule has 2 rings (SSSR count). The number of carbonyl (C=O) groups is 1. The van der Waals surface area contributed by atoms with Crippen molar-refractivity contribution in [2.45, 2.75) is 25.8 Å². The first-order valence-electron chi connectivity index (χ1n) is 5.54. The monoisotopic (exact) mass is 224 g/mol. The van der Waals surface area contributed by atoms with E-state index in [1.165, 1.54) is 6.20 Å². The summed E-state index contributed by atoms with van der Waals surface area (Å²) in [5, 5.41) is 19.6. The molecule has 6 nitrogen and oxygen atoms in total. The van der Waals surface area contributed by atoms with Gasteiger partial charge in [0.05, 0.1) is 12.2 Å². The Balaban J connectivity index is 2.07. The van der Waals surface area contributed by atoms with E-state index in [0.717, 1.165) is 25.9 Å². The number of aromatic carboxylic acids is 1. The van der Waals surface area contributed by atoms with Gasteiger partial charge in [0.1, 0.15) is 0 Å². The quantitative estimate of drug-likeness (QED) is 0.783. The maximum Gasteiger partial charge on any atom is 0.358 e. The Hall–Kier alpha value is -1.43. The van der Waals surface area contributed by atoms with Gasteiger partial charge in [-0.15, -0.1) is 5.10 Å². The van der Waals surface area contributed by atoms with Crippen LogP contribution >= 0.6 is 0 Å². The average molecular weight is 224 g/mol. The van der Waals surface area contributed by atoms with Gasteiger partial charge < -0.3 is 10.4 Å². The van der Waals surface area contributed by atoms with Gasteiger partial charge in [0, 0.05) is 0 Å². The van der Waals surface area contributed by atoms with Crippen LogP contribution in [0.3, 0.4) is 0 Å². The van der Waals surface area contributed by atoms with Crippen molar-refractivity contribution in [3.63, 3.8) is 0 Å². The molecule has 0 saturated carbocycles. The summed E-state index contributed by atoms with van der Waals surface area (Å²) in [6.45, 7) is 4.09. The Morgan fingerprint density at radius 1 is 1.75 bits per heavy atom. The summed E-state index contributed by atoms with van der Waals surface area (Å²) in [6.07, 6.45) is 3.81. The molecule has 1 aliphatic rings. The Morgan fingerprint density at radius 3 is 3.12 bits per heavy atom.